The first kappa shape index (κ1) is 18.6. The second-order valence-electron chi connectivity index (χ2n) is 5.42. The van der Waals surface area contributed by atoms with Crippen LogP contribution in [0, 0.1) is 0 Å². The van der Waals surface area contributed by atoms with Crippen LogP contribution in [0.5, 0.6) is 0 Å². The van der Waals surface area contributed by atoms with Crippen LogP contribution >= 0.6 is 0 Å². The molecule has 0 fully saturated rings. The summed E-state index contributed by atoms with van der Waals surface area (Å²) >= 11 is 0. The fourth-order valence-corrected chi connectivity index (χ4v) is 3.00. The molecule has 0 aliphatic carbocycles. The van der Waals surface area contributed by atoms with Crippen molar-refractivity contribution in [3.63, 3.8) is 0 Å². The van der Waals surface area contributed by atoms with Gasteiger partial charge in [0.05, 0.1) is 4.90 Å². The van der Waals surface area contributed by atoms with Gasteiger partial charge < -0.3 is 5.32 Å². The molecule has 22 heavy (non-hydrogen) atoms. The number of hydrogen-bond acceptors (Lipinski definition) is 3. The molecule has 0 aliphatic rings. The third-order valence-corrected chi connectivity index (χ3v) is 4.91. The Kier molecular flexibility index (Phi) is 7.55. The Morgan fingerprint density at radius 1 is 1.18 bits per heavy atom. The molecule has 0 aliphatic heterocycles. The second kappa shape index (κ2) is 8.90. The van der Waals surface area contributed by atoms with Gasteiger partial charge in [0.2, 0.25) is 15.9 Å². The van der Waals surface area contributed by atoms with Crippen LogP contribution in [0.2, 0.25) is 0 Å². The first-order valence-corrected chi connectivity index (χ1v) is 9.25. The fourth-order valence-electron chi connectivity index (χ4n) is 1.86. The Balaban J connectivity index is 2.57. The maximum absolute atomic E-state index is 11.9. The van der Waals surface area contributed by atoms with Crippen molar-refractivity contribution in [3.8, 4) is 0 Å². The van der Waals surface area contributed by atoms with Crippen LogP contribution in [0.25, 0.3) is 0 Å². The number of rotatable bonds is 9. The highest BCUT2D eigenvalue weighted by Crippen LogP contribution is 2.12. The molecule has 1 amide bonds. The number of nitrogens with one attached hydrogen (secondary N) is 2. The lowest BCUT2D eigenvalue weighted by Gasteiger charge is -2.11. The SMILES string of the molecule is CCCNS(=O)(=O)c1ccc(CCC(=O)N[C@@H](C)CC)cc1. The van der Waals surface area contributed by atoms with E-state index in [2.05, 4.69) is 10.0 Å². The molecule has 0 heterocycles. The normalized spacial score (nSPS) is 12.9. The summed E-state index contributed by atoms with van der Waals surface area (Å²) in [6.45, 7) is 6.34. The van der Waals surface area contributed by atoms with Gasteiger partial charge in [0.25, 0.3) is 0 Å². The fraction of sp³-hybridized carbons (Fsp3) is 0.562. The van der Waals surface area contributed by atoms with Gasteiger partial charge in [-0.1, -0.05) is 26.0 Å². The van der Waals surface area contributed by atoms with Gasteiger partial charge in [-0.25, -0.2) is 13.1 Å². The van der Waals surface area contributed by atoms with Crippen molar-refractivity contribution >= 4 is 15.9 Å². The zero-order chi connectivity index (χ0) is 16.6. The van der Waals surface area contributed by atoms with Crippen LogP contribution in [-0.4, -0.2) is 26.9 Å². The first-order chi connectivity index (χ1) is 10.4. The molecule has 0 radical (unpaired) electrons. The van der Waals surface area contributed by atoms with Crippen LogP contribution < -0.4 is 10.0 Å². The van der Waals surface area contributed by atoms with Crippen LogP contribution in [-0.2, 0) is 21.2 Å². The number of aryl methyl sites for hydroxylation is 1. The summed E-state index contributed by atoms with van der Waals surface area (Å²) in [4.78, 5) is 12.0. The number of hydrogen-bond donors (Lipinski definition) is 2. The Morgan fingerprint density at radius 2 is 1.82 bits per heavy atom. The lowest BCUT2D eigenvalue weighted by atomic mass is 10.1. The summed E-state index contributed by atoms with van der Waals surface area (Å²) in [7, 11) is -3.42. The number of carbonyl (C=O) groups is 1. The largest absolute Gasteiger partial charge is 0.354 e. The molecule has 1 aromatic carbocycles. The summed E-state index contributed by atoms with van der Waals surface area (Å²) in [6.07, 6.45) is 2.67. The summed E-state index contributed by atoms with van der Waals surface area (Å²) in [5, 5.41) is 2.91. The minimum absolute atomic E-state index is 0.0238. The zero-order valence-corrected chi connectivity index (χ0v) is 14.4. The number of amides is 1. The second-order valence-corrected chi connectivity index (χ2v) is 7.19. The quantitative estimate of drug-likeness (QED) is 0.730. The zero-order valence-electron chi connectivity index (χ0n) is 13.6. The van der Waals surface area contributed by atoms with Gasteiger partial charge >= 0.3 is 0 Å². The van der Waals surface area contributed by atoms with Crippen molar-refractivity contribution < 1.29 is 13.2 Å². The predicted molar refractivity (Wildman–Crippen MR) is 88.1 cm³/mol. The molecule has 0 aromatic heterocycles. The van der Waals surface area contributed by atoms with E-state index in [0.29, 0.717) is 19.4 Å². The first-order valence-electron chi connectivity index (χ1n) is 7.77. The minimum atomic E-state index is -3.42. The van der Waals surface area contributed by atoms with Gasteiger partial charge in [-0.05, 0) is 43.9 Å². The van der Waals surface area contributed by atoms with Crippen LogP contribution in [0.4, 0.5) is 0 Å². The summed E-state index contributed by atoms with van der Waals surface area (Å²) in [5.41, 5.74) is 0.953. The molecule has 1 aromatic rings. The molecule has 0 bridgehead atoms. The summed E-state index contributed by atoms with van der Waals surface area (Å²) in [6, 6.07) is 6.87. The van der Waals surface area contributed by atoms with Gasteiger partial charge in [0, 0.05) is 19.0 Å². The Bertz CT molecular complexity index is 568. The van der Waals surface area contributed by atoms with Crippen LogP contribution in [0.3, 0.4) is 0 Å². The third-order valence-electron chi connectivity index (χ3n) is 3.44. The van der Waals surface area contributed by atoms with Gasteiger partial charge in [-0.3, -0.25) is 4.79 Å². The molecule has 5 nitrogen and oxygen atoms in total. The average molecular weight is 326 g/mol. The van der Waals surface area contributed by atoms with Crippen molar-refractivity contribution in [1.82, 2.24) is 10.0 Å². The maximum Gasteiger partial charge on any atom is 0.240 e. The standard InChI is InChI=1S/C16H26N2O3S/c1-4-12-17-22(20,21)15-9-6-14(7-10-15)8-11-16(19)18-13(3)5-2/h6-7,9-10,13,17H,4-5,8,11-12H2,1-3H3,(H,18,19)/t13-/m0/s1. The topological polar surface area (TPSA) is 75.3 Å². The third kappa shape index (κ3) is 6.15. The highest BCUT2D eigenvalue weighted by Gasteiger charge is 2.12. The Hall–Kier alpha value is -1.40. The van der Waals surface area contributed by atoms with Gasteiger partial charge in [0.15, 0.2) is 0 Å². The van der Waals surface area contributed by atoms with Gasteiger partial charge in [0.1, 0.15) is 0 Å². The predicted octanol–water partition coefficient (Wildman–Crippen LogP) is 2.22. The van der Waals surface area contributed by atoms with E-state index in [1.807, 2.05) is 20.8 Å². The van der Waals surface area contributed by atoms with Crippen molar-refractivity contribution in [3.05, 3.63) is 29.8 Å². The van der Waals surface area contributed by atoms with Crippen LogP contribution in [0.1, 0.15) is 45.6 Å². The van der Waals surface area contributed by atoms with Crippen molar-refractivity contribution in [2.45, 2.75) is 57.4 Å². The van der Waals surface area contributed by atoms with E-state index in [9.17, 15) is 13.2 Å². The molecule has 1 rings (SSSR count). The molecule has 0 unspecified atom stereocenters. The lowest BCUT2D eigenvalue weighted by molar-refractivity contribution is -0.121. The molecule has 124 valence electrons. The molecule has 0 saturated heterocycles. The molecule has 0 saturated carbocycles. The number of benzene rings is 1. The molecule has 2 N–H and O–H groups in total. The molecule has 0 spiro atoms. The van der Waals surface area contributed by atoms with E-state index in [4.69, 9.17) is 0 Å². The van der Waals surface area contributed by atoms with E-state index in [-0.39, 0.29) is 16.8 Å². The van der Waals surface area contributed by atoms with E-state index in [0.717, 1.165) is 18.4 Å². The molecule has 6 heteroatoms. The Morgan fingerprint density at radius 3 is 2.36 bits per heavy atom. The van der Waals surface area contributed by atoms with Crippen LogP contribution in [0.15, 0.2) is 29.2 Å². The molecular formula is C16H26N2O3S. The molecule has 1 atom stereocenters. The number of sulfonamides is 1. The highest BCUT2D eigenvalue weighted by atomic mass is 32.2. The van der Waals surface area contributed by atoms with E-state index in [1.54, 1.807) is 24.3 Å². The summed E-state index contributed by atoms with van der Waals surface area (Å²) in [5.74, 6) is 0.0238. The van der Waals surface area contributed by atoms with Gasteiger partial charge in [-0.2, -0.15) is 0 Å². The van der Waals surface area contributed by atoms with Crippen molar-refractivity contribution in [2.75, 3.05) is 6.54 Å². The smallest absolute Gasteiger partial charge is 0.240 e. The van der Waals surface area contributed by atoms with E-state index >= 15 is 0 Å². The molecular weight excluding hydrogens is 300 g/mol. The highest BCUT2D eigenvalue weighted by molar-refractivity contribution is 7.89. The monoisotopic (exact) mass is 326 g/mol. The average Bonchev–Trinajstić information content (AvgIpc) is 2.51. The minimum Gasteiger partial charge on any atom is -0.354 e. The van der Waals surface area contributed by atoms with Gasteiger partial charge in [-0.15, -0.1) is 0 Å². The van der Waals surface area contributed by atoms with Crippen molar-refractivity contribution in [2.24, 2.45) is 0 Å². The number of carbonyl (C=O) groups excluding carboxylic acids is 1. The lowest BCUT2D eigenvalue weighted by Crippen LogP contribution is -2.32. The van der Waals surface area contributed by atoms with E-state index in [1.165, 1.54) is 0 Å². The van der Waals surface area contributed by atoms with Crippen molar-refractivity contribution in [1.29, 1.82) is 0 Å². The summed E-state index contributed by atoms with van der Waals surface area (Å²) < 4.78 is 26.4. The van der Waals surface area contributed by atoms with E-state index < -0.39 is 10.0 Å². The maximum atomic E-state index is 11.9. The Labute approximate surface area is 133 Å².